The first-order chi connectivity index (χ1) is 14.8. The molecule has 2 amide bonds. The molecule has 0 fully saturated rings. The molecular weight excluding hydrogens is 434 g/mol. The first-order valence-corrected chi connectivity index (χ1v) is 12.4. The van der Waals surface area contributed by atoms with Crippen LogP contribution >= 0.6 is 11.3 Å². The molecule has 1 atom stereocenters. The maximum Gasteiger partial charge on any atom is 0.265 e. The Balaban J connectivity index is 1.41. The summed E-state index contributed by atoms with van der Waals surface area (Å²) in [6.45, 7) is 0. The molecule has 3 aromatic rings. The number of hydrogen-bond acceptors (Lipinski definition) is 5. The summed E-state index contributed by atoms with van der Waals surface area (Å²) in [5.41, 5.74) is 3.63. The van der Waals surface area contributed by atoms with Gasteiger partial charge in [0.15, 0.2) is 0 Å². The fraction of sp³-hybridized carbons (Fsp3) is 0.182. The highest BCUT2D eigenvalue weighted by atomic mass is 32.2. The van der Waals surface area contributed by atoms with Crippen molar-refractivity contribution in [1.82, 2.24) is 5.32 Å². The van der Waals surface area contributed by atoms with Gasteiger partial charge in [0, 0.05) is 11.1 Å². The third kappa shape index (κ3) is 5.12. The van der Waals surface area contributed by atoms with Gasteiger partial charge in [0.25, 0.3) is 11.8 Å². The lowest BCUT2D eigenvalue weighted by Crippen LogP contribution is -2.26. The summed E-state index contributed by atoms with van der Waals surface area (Å²) >= 11 is 1.18. The van der Waals surface area contributed by atoms with Crippen molar-refractivity contribution in [3.05, 3.63) is 81.5 Å². The molecular formula is C22H21N3O4S2. The minimum Gasteiger partial charge on any atom is -0.345 e. The maximum absolute atomic E-state index is 12.7. The van der Waals surface area contributed by atoms with Crippen LogP contribution in [0.1, 0.15) is 43.6 Å². The summed E-state index contributed by atoms with van der Waals surface area (Å²) in [5.74, 6) is -0.580. The Morgan fingerprint density at radius 1 is 1.00 bits per heavy atom. The highest BCUT2D eigenvalue weighted by Crippen LogP contribution is 2.31. The number of rotatable bonds is 6. The molecule has 0 saturated heterocycles. The minimum atomic E-state index is -3.41. The molecule has 1 unspecified atom stereocenters. The number of carbonyl (C=O) groups is 2. The molecule has 3 N–H and O–H groups in total. The third-order valence-corrected chi connectivity index (χ3v) is 6.48. The summed E-state index contributed by atoms with van der Waals surface area (Å²) in [4.78, 5) is 25.7. The Morgan fingerprint density at radius 2 is 1.77 bits per heavy atom. The quantitative estimate of drug-likeness (QED) is 0.526. The zero-order valence-electron chi connectivity index (χ0n) is 16.7. The highest BCUT2D eigenvalue weighted by molar-refractivity contribution is 7.92. The van der Waals surface area contributed by atoms with Crippen LogP contribution in [0.2, 0.25) is 0 Å². The second-order valence-corrected chi connectivity index (χ2v) is 10.0. The van der Waals surface area contributed by atoms with Gasteiger partial charge in [-0.15, -0.1) is 11.3 Å². The third-order valence-electron chi connectivity index (χ3n) is 4.95. The second-order valence-electron chi connectivity index (χ2n) is 7.37. The van der Waals surface area contributed by atoms with Crippen LogP contribution in [0.5, 0.6) is 0 Å². The van der Waals surface area contributed by atoms with Crippen LogP contribution in [-0.2, 0) is 16.4 Å². The zero-order valence-corrected chi connectivity index (χ0v) is 18.3. The SMILES string of the molecule is CS(=O)(=O)Nc1cccc(NC(=O)c2cc(C(=O)NC3CCc4ccccc43)cs2)c1. The van der Waals surface area contributed by atoms with Crippen molar-refractivity contribution in [2.45, 2.75) is 18.9 Å². The molecule has 1 aliphatic carbocycles. The molecule has 2 aromatic carbocycles. The van der Waals surface area contributed by atoms with E-state index in [9.17, 15) is 18.0 Å². The molecule has 7 nitrogen and oxygen atoms in total. The number of thiophene rings is 1. The first kappa shape index (κ1) is 21.1. The van der Waals surface area contributed by atoms with E-state index in [0.29, 0.717) is 21.8 Å². The Kier molecular flexibility index (Phi) is 5.79. The van der Waals surface area contributed by atoms with Gasteiger partial charge >= 0.3 is 0 Å². The predicted molar refractivity (Wildman–Crippen MR) is 122 cm³/mol. The molecule has 1 aliphatic rings. The van der Waals surface area contributed by atoms with Gasteiger partial charge in [0.1, 0.15) is 0 Å². The van der Waals surface area contributed by atoms with Crippen LogP contribution in [0.3, 0.4) is 0 Å². The molecule has 31 heavy (non-hydrogen) atoms. The molecule has 9 heteroatoms. The molecule has 0 spiro atoms. The lowest BCUT2D eigenvalue weighted by Gasteiger charge is -2.13. The van der Waals surface area contributed by atoms with Crippen LogP contribution in [0.25, 0.3) is 0 Å². The van der Waals surface area contributed by atoms with Crippen molar-refractivity contribution >= 4 is 44.5 Å². The monoisotopic (exact) mass is 455 g/mol. The van der Waals surface area contributed by atoms with Gasteiger partial charge in [-0.1, -0.05) is 30.3 Å². The Labute approximate surface area is 184 Å². The van der Waals surface area contributed by atoms with Crippen LogP contribution in [0.4, 0.5) is 11.4 Å². The van der Waals surface area contributed by atoms with Gasteiger partial charge in [-0.05, 0) is 48.2 Å². The van der Waals surface area contributed by atoms with Crippen molar-refractivity contribution in [3.8, 4) is 0 Å². The first-order valence-electron chi connectivity index (χ1n) is 9.65. The molecule has 1 heterocycles. The number of nitrogens with one attached hydrogen (secondary N) is 3. The second kappa shape index (κ2) is 8.52. The molecule has 160 valence electrons. The van der Waals surface area contributed by atoms with Crippen LogP contribution in [-0.4, -0.2) is 26.5 Å². The van der Waals surface area contributed by atoms with E-state index < -0.39 is 10.0 Å². The summed E-state index contributed by atoms with van der Waals surface area (Å²) in [6.07, 6.45) is 2.85. The fourth-order valence-electron chi connectivity index (χ4n) is 3.59. The number of carbonyl (C=O) groups excluding carboxylic acids is 2. The smallest absolute Gasteiger partial charge is 0.265 e. The van der Waals surface area contributed by atoms with Gasteiger partial charge < -0.3 is 10.6 Å². The lowest BCUT2D eigenvalue weighted by atomic mass is 10.1. The molecule has 0 radical (unpaired) electrons. The Bertz CT molecular complexity index is 1250. The normalized spacial score (nSPS) is 15.2. The van der Waals surface area contributed by atoms with Crippen molar-refractivity contribution in [1.29, 1.82) is 0 Å². The maximum atomic E-state index is 12.7. The number of hydrogen-bond donors (Lipinski definition) is 3. The van der Waals surface area contributed by atoms with Crippen LogP contribution < -0.4 is 15.4 Å². The predicted octanol–water partition coefficient (Wildman–Crippen LogP) is 3.79. The average molecular weight is 456 g/mol. The number of aryl methyl sites for hydroxylation is 1. The zero-order chi connectivity index (χ0) is 22.0. The standard InChI is InChI=1S/C22H21N3O4S2/c1-31(28,29)25-17-7-4-6-16(12-17)23-22(27)20-11-15(13-30-20)21(26)24-19-10-9-14-5-2-3-8-18(14)19/h2-8,11-13,19,25H,9-10H2,1H3,(H,23,27)(H,24,26). The molecule has 0 saturated carbocycles. The van der Waals surface area contributed by atoms with E-state index in [1.807, 2.05) is 18.2 Å². The summed E-state index contributed by atoms with van der Waals surface area (Å²) in [7, 11) is -3.41. The van der Waals surface area contributed by atoms with Gasteiger partial charge in [-0.3, -0.25) is 14.3 Å². The lowest BCUT2D eigenvalue weighted by molar-refractivity contribution is 0.0937. The molecule has 0 aliphatic heterocycles. The minimum absolute atomic E-state index is 0.0223. The van der Waals surface area contributed by atoms with E-state index in [4.69, 9.17) is 0 Å². The van der Waals surface area contributed by atoms with Crippen LogP contribution in [0.15, 0.2) is 60.0 Å². The summed E-state index contributed by atoms with van der Waals surface area (Å²) in [5, 5.41) is 7.44. The largest absolute Gasteiger partial charge is 0.345 e. The molecule has 4 rings (SSSR count). The van der Waals surface area contributed by atoms with Gasteiger partial charge in [0.2, 0.25) is 10.0 Å². The van der Waals surface area contributed by atoms with Crippen molar-refractivity contribution < 1.29 is 18.0 Å². The number of sulfonamides is 1. The average Bonchev–Trinajstić information content (AvgIpc) is 3.35. The van der Waals surface area contributed by atoms with E-state index >= 15 is 0 Å². The fourth-order valence-corrected chi connectivity index (χ4v) is 4.93. The van der Waals surface area contributed by atoms with Gasteiger partial charge in [-0.25, -0.2) is 8.42 Å². The number of amides is 2. The van der Waals surface area contributed by atoms with Crippen LogP contribution in [0, 0.1) is 0 Å². The summed E-state index contributed by atoms with van der Waals surface area (Å²) < 4.78 is 25.1. The van der Waals surface area contributed by atoms with E-state index in [1.54, 1.807) is 29.6 Å². The van der Waals surface area contributed by atoms with Crippen molar-refractivity contribution in [2.24, 2.45) is 0 Å². The van der Waals surface area contributed by atoms with E-state index in [-0.39, 0.29) is 17.9 Å². The number of benzene rings is 2. The van der Waals surface area contributed by atoms with Gasteiger partial charge in [-0.2, -0.15) is 0 Å². The topological polar surface area (TPSA) is 104 Å². The van der Waals surface area contributed by atoms with Gasteiger partial charge in [0.05, 0.1) is 28.4 Å². The Hall–Kier alpha value is -3.17. The number of anilines is 2. The van der Waals surface area contributed by atoms with E-state index in [0.717, 1.165) is 24.7 Å². The number of fused-ring (bicyclic) bond motifs is 1. The van der Waals surface area contributed by atoms with E-state index in [2.05, 4.69) is 21.4 Å². The molecule has 1 aromatic heterocycles. The Morgan fingerprint density at radius 3 is 2.58 bits per heavy atom. The molecule has 0 bridgehead atoms. The highest BCUT2D eigenvalue weighted by Gasteiger charge is 2.24. The summed E-state index contributed by atoms with van der Waals surface area (Å²) in [6, 6.07) is 16.0. The van der Waals surface area contributed by atoms with E-state index in [1.165, 1.54) is 23.0 Å². The van der Waals surface area contributed by atoms with Crippen molar-refractivity contribution in [3.63, 3.8) is 0 Å². The van der Waals surface area contributed by atoms with Crippen molar-refractivity contribution in [2.75, 3.05) is 16.3 Å².